The van der Waals surface area contributed by atoms with Crippen LogP contribution in [0.5, 0.6) is 0 Å². The molecule has 2 heterocycles. The van der Waals surface area contributed by atoms with Gasteiger partial charge in [0.15, 0.2) is 17.9 Å². The molecule has 1 aromatic heterocycles. The number of nitrogens with zero attached hydrogens (tertiary/aromatic N) is 4. The second-order valence-corrected chi connectivity index (χ2v) is 10.3. The maximum atomic E-state index is 14.7. The Morgan fingerprint density at radius 2 is 2.00 bits per heavy atom. The molecule has 0 amide bonds. The van der Waals surface area contributed by atoms with Crippen molar-refractivity contribution in [1.82, 2.24) is 14.8 Å². The highest BCUT2D eigenvalue weighted by atomic mass is 32.2. The zero-order valence-corrected chi connectivity index (χ0v) is 21.4. The molecule has 2 unspecified atom stereocenters. The minimum absolute atomic E-state index is 0.124. The maximum Gasteiger partial charge on any atom is 0.177 e. The molecule has 0 spiro atoms. The smallest absolute Gasteiger partial charge is 0.177 e. The van der Waals surface area contributed by atoms with E-state index < -0.39 is 34.6 Å². The summed E-state index contributed by atoms with van der Waals surface area (Å²) in [4.78, 5) is 7.56. The highest BCUT2D eigenvalue weighted by Gasteiger charge is 2.41. The third-order valence-corrected chi connectivity index (χ3v) is 7.53. The molecule has 3 aromatic rings. The van der Waals surface area contributed by atoms with E-state index in [1.807, 2.05) is 0 Å². The number of aliphatic hydroxyl groups is 1. The number of hydrogen-bond donors (Lipinski definition) is 1. The molecule has 2 atom stereocenters. The van der Waals surface area contributed by atoms with Gasteiger partial charge in [-0.25, -0.2) is 22.8 Å². The van der Waals surface area contributed by atoms with E-state index in [1.54, 1.807) is 43.4 Å². The van der Waals surface area contributed by atoms with Crippen molar-refractivity contribution in [2.45, 2.75) is 35.9 Å². The van der Waals surface area contributed by atoms with E-state index in [2.05, 4.69) is 21.8 Å². The van der Waals surface area contributed by atoms with Gasteiger partial charge in [0.25, 0.3) is 0 Å². The number of aromatic nitrogens is 3. The van der Waals surface area contributed by atoms with Gasteiger partial charge in [-0.15, -0.1) is 11.8 Å². The fourth-order valence-electron chi connectivity index (χ4n) is 3.99. The molecule has 4 rings (SSSR count). The molecule has 1 aliphatic heterocycles. The van der Waals surface area contributed by atoms with E-state index in [0.717, 1.165) is 6.07 Å². The number of aliphatic imine (C=N–C) groups is 1. The topological polar surface area (TPSA) is 81.8 Å². The summed E-state index contributed by atoms with van der Waals surface area (Å²) in [7, 11) is 0. The molecule has 1 fully saturated rings. The van der Waals surface area contributed by atoms with Gasteiger partial charge in [0, 0.05) is 22.4 Å². The molecular weight excluding hydrogens is 517 g/mol. The van der Waals surface area contributed by atoms with Crippen LogP contribution < -0.4 is 0 Å². The number of thioether (sulfide) groups is 1. The maximum absolute atomic E-state index is 14.7. The van der Waals surface area contributed by atoms with E-state index in [9.17, 15) is 18.3 Å². The lowest BCUT2D eigenvalue weighted by molar-refractivity contribution is -0.146. The molecule has 1 aliphatic rings. The quantitative estimate of drug-likeness (QED) is 0.284. The van der Waals surface area contributed by atoms with Crippen molar-refractivity contribution in [1.29, 1.82) is 0 Å². The summed E-state index contributed by atoms with van der Waals surface area (Å²) in [5.41, 5.74) is -1.09. The zero-order valence-electron chi connectivity index (χ0n) is 20.6. The Labute approximate surface area is 222 Å². The molecule has 0 saturated carbocycles. The van der Waals surface area contributed by atoms with Gasteiger partial charge < -0.3 is 14.6 Å². The third kappa shape index (κ3) is 6.60. The van der Waals surface area contributed by atoms with Crippen LogP contribution in [0, 0.1) is 17.5 Å². The first kappa shape index (κ1) is 27.8. The molecule has 0 bridgehead atoms. The second kappa shape index (κ2) is 12.5. The van der Waals surface area contributed by atoms with Gasteiger partial charge in [0.05, 0.1) is 30.7 Å². The predicted octanol–water partition coefficient (Wildman–Crippen LogP) is 5.05. The molecular formula is C27H27F3N4O3S. The first-order chi connectivity index (χ1) is 18.3. The van der Waals surface area contributed by atoms with Crippen molar-refractivity contribution in [3.63, 3.8) is 0 Å². The minimum Gasteiger partial charge on any atom is -0.382 e. The second-order valence-electron chi connectivity index (χ2n) is 8.66. The molecule has 0 radical (unpaired) electrons. The molecule has 1 N–H and O–H groups in total. The van der Waals surface area contributed by atoms with Gasteiger partial charge in [-0.05, 0) is 31.0 Å². The third-order valence-electron chi connectivity index (χ3n) is 6.07. The number of halogens is 3. The fraction of sp³-hybridized carbons (Fsp3) is 0.296. The summed E-state index contributed by atoms with van der Waals surface area (Å²) in [6.45, 7) is 5.60. The molecule has 38 heavy (non-hydrogen) atoms. The van der Waals surface area contributed by atoms with Crippen molar-refractivity contribution in [3.05, 3.63) is 95.9 Å². The predicted molar refractivity (Wildman–Crippen MR) is 141 cm³/mol. The standard InChI is InChI=1S/C27H27F3N4O3S/c1-18(27(35,15-34-17-32-16-33-34)22-7-5-8-23(28)26(22)30)38-21-13-36-25(37-14-21)9-4-3-6-19-10-11-20(31-2)12-24(19)29/h3-12,16-18,21,25,35H,2,13-15H2,1H3/b6-3+,9-4+. The average Bonchev–Trinajstić information content (AvgIpc) is 3.42. The van der Waals surface area contributed by atoms with E-state index in [0.29, 0.717) is 24.5 Å². The van der Waals surface area contributed by atoms with Crippen LogP contribution in [-0.4, -0.2) is 56.6 Å². The van der Waals surface area contributed by atoms with Crippen molar-refractivity contribution in [2.75, 3.05) is 13.2 Å². The van der Waals surface area contributed by atoms with E-state index in [1.165, 1.54) is 47.3 Å². The van der Waals surface area contributed by atoms with Crippen molar-refractivity contribution >= 4 is 30.2 Å². The van der Waals surface area contributed by atoms with Crippen molar-refractivity contribution in [2.24, 2.45) is 4.99 Å². The summed E-state index contributed by atoms with van der Waals surface area (Å²) in [6, 6.07) is 8.31. The lowest BCUT2D eigenvalue weighted by Gasteiger charge is -2.37. The van der Waals surface area contributed by atoms with Crippen molar-refractivity contribution in [3.8, 4) is 0 Å². The van der Waals surface area contributed by atoms with Gasteiger partial charge in [0.2, 0.25) is 0 Å². The molecule has 1 saturated heterocycles. The Morgan fingerprint density at radius 1 is 1.21 bits per heavy atom. The Kier molecular flexibility index (Phi) is 9.16. The number of allylic oxidation sites excluding steroid dienone is 2. The van der Waals surface area contributed by atoms with Gasteiger partial charge in [-0.3, -0.25) is 4.99 Å². The molecule has 7 nitrogen and oxygen atoms in total. The van der Waals surface area contributed by atoms with Crippen LogP contribution in [0.4, 0.5) is 18.9 Å². The first-order valence-electron chi connectivity index (χ1n) is 11.8. The monoisotopic (exact) mass is 544 g/mol. The Bertz CT molecular complexity index is 1300. The Balaban J connectivity index is 1.36. The van der Waals surface area contributed by atoms with E-state index in [-0.39, 0.29) is 17.4 Å². The number of rotatable bonds is 10. The Morgan fingerprint density at radius 3 is 2.68 bits per heavy atom. The van der Waals surface area contributed by atoms with Crippen LogP contribution in [0.15, 0.2) is 72.3 Å². The van der Waals surface area contributed by atoms with Gasteiger partial charge >= 0.3 is 0 Å². The number of benzene rings is 2. The fourth-order valence-corrected chi connectivity index (χ4v) is 5.31. The SMILES string of the molecule is C=Nc1ccc(/C=C/C=C/C2OCC(SC(C)C(O)(Cn3cncn3)c3cccc(F)c3F)CO2)c(F)c1. The van der Waals surface area contributed by atoms with Gasteiger partial charge in [-0.1, -0.05) is 37.3 Å². The van der Waals surface area contributed by atoms with Crippen LogP contribution in [0.2, 0.25) is 0 Å². The molecule has 11 heteroatoms. The van der Waals surface area contributed by atoms with Crippen molar-refractivity contribution < 1.29 is 27.8 Å². The molecule has 2 aromatic carbocycles. The van der Waals surface area contributed by atoms with Crippen LogP contribution in [0.3, 0.4) is 0 Å². The van der Waals surface area contributed by atoms with Crippen LogP contribution in [0.1, 0.15) is 18.1 Å². The lowest BCUT2D eigenvalue weighted by atomic mass is 9.90. The highest BCUT2D eigenvalue weighted by Crippen LogP contribution is 2.39. The molecule has 0 aliphatic carbocycles. The van der Waals surface area contributed by atoms with Crippen LogP contribution in [-0.2, 0) is 21.6 Å². The first-order valence-corrected chi connectivity index (χ1v) is 12.7. The summed E-state index contributed by atoms with van der Waals surface area (Å²) in [6.07, 6.45) is 8.79. The summed E-state index contributed by atoms with van der Waals surface area (Å²) < 4.78 is 55.7. The Hall–Kier alpha value is -3.25. The highest BCUT2D eigenvalue weighted by molar-refractivity contribution is 8.00. The minimum atomic E-state index is -1.79. The van der Waals surface area contributed by atoms with Gasteiger partial charge in [0.1, 0.15) is 24.1 Å². The van der Waals surface area contributed by atoms with Crippen LogP contribution >= 0.6 is 11.8 Å². The van der Waals surface area contributed by atoms with Crippen LogP contribution in [0.25, 0.3) is 6.08 Å². The largest absolute Gasteiger partial charge is 0.382 e. The summed E-state index contributed by atoms with van der Waals surface area (Å²) >= 11 is 1.35. The van der Waals surface area contributed by atoms with Gasteiger partial charge in [-0.2, -0.15) is 5.10 Å². The summed E-state index contributed by atoms with van der Waals surface area (Å²) in [5.74, 6) is -2.55. The number of hydrogen-bond acceptors (Lipinski definition) is 7. The van der Waals surface area contributed by atoms with E-state index in [4.69, 9.17) is 9.47 Å². The average molecular weight is 545 g/mol. The molecule has 200 valence electrons. The zero-order chi connectivity index (χ0) is 27.1. The lowest BCUT2D eigenvalue weighted by Crippen LogP contribution is -2.44. The summed E-state index contributed by atoms with van der Waals surface area (Å²) in [5, 5.41) is 14.9. The normalized spacial score (nSPS) is 20.6. The number of ether oxygens (including phenoxy) is 2. The van der Waals surface area contributed by atoms with E-state index >= 15 is 0 Å².